The van der Waals surface area contributed by atoms with Gasteiger partial charge in [0.1, 0.15) is 11.6 Å². The van der Waals surface area contributed by atoms with Crippen molar-refractivity contribution in [1.82, 2.24) is 4.98 Å². The van der Waals surface area contributed by atoms with Crippen LogP contribution in [-0.2, 0) is 12.7 Å². The zero-order valence-electron chi connectivity index (χ0n) is 11.7. The number of pyridine rings is 1. The lowest BCUT2D eigenvalue weighted by atomic mass is 10.1. The Morgan fingerprint density at radius 2 is 1.95 bits per heavy atom. The van der Waals surface area contributed by atoms with E-state index in [1.807, 2.05) is 13.0 Å². The van der Waals surface area contributed by atoms with Crippen LogP contribution in [0.3, 0.4) is 0 Å². The summed E-state index contributed by atoms with van der Waals surface area (Å²) in [6.45, 7) is 1.86. The number of anilines is 1. The molecule has 0 amide bonds. The lowest BCUT2D eigenvalue weighted by Gasteiger charge is -2.15. The maximum absolute atomic E-state index is 13.1. The third-order valence-corrected chi connectivity index (χ3v) is 2.97. The van der Waals surface area contributed by atoms with Gasteiger partial charge in [0.05, 0.1) is 12.7 Å². The molecule has 1 aromatic heterocycles. The van der Waals surface area contributed by atoms with E-state index in [2.05, 4.69) is 10.3 Å². The fourth-order valence-electron chi connectivity index (χ4n) is 1.93. The number of nitrogens with zero attached hydrogens (tertiary/aromatic N) is 1. The molecule has 21 heavy (non-hydrogen) atoms. The van der Waals surface area contributed by atoms with Gasteiger partial charge in [-0.05, 0) is 36.8 Å². The highest BCUT2D eigenvalue weighted by atomic mass is 19.4. The molecule has 0 aliphatic rings. The van der Waals surface area contributed by atoms with Crippen LogP contribution >= 0.6 is 0 Å². The topological polar surface area (TPSA) is 34.1 Å². The molecule has 0 unspecified atom stereocenters. The van der Waals surface area contributed by atoms with Crippen molar-refractivity contribution < 1.29 is 17.9 Å². The van der Waals surface area contributed by atoms with Gasteiger partial charge in [-0.2, -0.15) is 13.2 Å². The maximum atomic E-state index is 13.1. The van der Waals surface area contributed by atoms with Gasteiger partial charge in [0.15, 0.2) is 0 Å². The number of halogens is 3. The zero-order chi connectivity index (χ0) is 15.5. The predicted molar refractivity (Wildman–Crippen MR) is 74.3 cm³/mol. The van der Waals surface area contributed by atoms with Crippen molar-refractivity contribution >= 4 is 5.82 Å². The first-order chi connectivity index (χ1) is 9.90. The minimum atomic E-state index is -4.43. The van der Waals surface area contributed by atoms with E-state index in [0.717, 1.165) is 11.8 Å². The van der Waals surface area contributed by atoms with Gasteiger partial charge in [-0.15, -0.1) is 0 Å². The third-order valence-electron chi connectivity index (χ3n) is 2.97. The quantitative estimate of drug-likeness (QED) is 0.925. The van der Waals surface area contributed by atoms with Gasteiger partial charge >= 0.3 is 6.18 Å². The van der Waals surface area contributed by atoms with E-state index in [0.29, 0.717) is 5.82 Å². The summed E-state index contributed by atoms with van der Waals surface area (Å²) in [5.74, 6) is 0.721. The van der Waals surface area contributed by atoms with Crippen LogP contribution in [0, 0.1) is 6.92 Å². The molecule has 112 valence electrons. The van der Waals surface area contributed by atoms with E-state index in [1.165, 1.54) is 19.2 Å². The van der Waals surface area contributed by atoms with Gasteiger partial charge in [-0.1, -0.05) is 12.1 Å². The summed E-state index contributed by atoms with van der Waals surface area (Å²) in [4.78, 5) is 4.20. The van der Waals surface area contributed by atoms with Gasteiger partial charge in [0.2, 0.25) is 0 Å². The Morgan fingerprint density at radius 1 is 1.19 bits per heavy atom. The molecule has 2 rings (SSSR count). The van der Waals surface area contributed by atoms with Crippen molar-refractivity contribution in [1.29, 1.82) is 0 Å². The van der Waals surface area contributed by atoms with Crippen molar-refractivity contribution in [2.75, 3.05) is 12.4 Å². The monoisotopic (exact) mass is 296 g/mol. The van der Waals surface area contributed by atoms with Crippen LogP contribution in [-0.4, -0.2) is 12.1 Å². The summed E-state index contributed by atoms with van der Waals surface area (Å²) in [6.07, 6.45) is -4.43. The first kappa shape index (κ1) is 15.2. The van der Waals surface area contributed by atoms with E-state index in [-0.39, 0.29) is 17.9 Å². The molecule has 2 aromatic rings. The molecule has 1 heterocycles. The summed E-state index contributed by atoms with van der Waals surface area (Å²) in [7, 11) is 1.34. The number of rotatable bonds is 4. The lowest BCUT2D eigenvalue weighted by molar-refractivity contribution is -0.138. The van der Waals surface area contributed by atoms with Gasteiger partial charge in [0.25, 0.3) is 0 Å². The molecule has 0 aliphatic heterocycles. The molecule has 0 bridgehead atoms. The second-order valence-corrected chi connectivity index (χ2v) is 4.54. The van der Waals surface area contributed by atoms with Crippen LogP contribution in [0.1, 0.15) is 16.8 Å². The predicted octanol–water partition coefficient (Wildman–Crippen LogP) is 4.03. The molecule has 0 fully saturated rings. The first-order valence-corrected chi connectivity index (χ1v) is 6.32. The van der Waals surface area contributed by atoms with Crippen LogP contribution in [0.4, 0.5) is 19.0 Å². The lowest BCUT2D eigenvalue weighted by Crippen LogP contribution is -2.12. The highest BCUT2D eigenvalue weighted by molar-refractivity contribution is 5.41. The molecule has 1 aromatic carbocycles. The number of hydrogen-bond acceptors (Lipinski definition) is 3. The standard InChI is InChI=1S/C15H15F3N2O/c1-10-4-3-5-14(20-10)19-9-11-6-7-12(21-2)8-13(11)15(16,17)18/h3-8H,9H2,1-2H3,(H,19,20). The average molecular weight is 296 g/mol. The number of nitrogens with one attached hydrogen (secondary N) is 1. The largest absolute Gasteiger partial charge is 0.497 e. The second-order valence-electron chi connectivity index (χ2n) is 4.54. The molecule has 0 spiro atoms. The molecule has 0 atom stereocenters. The van der Waals surface area contributed by atoms with Crippen molar-refractivity contribution in [3.8, 4) is 5.75 Å². The van der Waals surface area contributed by atoms with Gasteiger partial charge in [0, 0.05) is 12.2 Å². The van der Waals surface area contributed by atoms with Gasteiger partial charge < -0.3 is 10.1 Å². The minimum Gasteiger partial charge on any atom is -0.497 e. The number of aryl methyl sites for hydroxylation is 1. The Morgan fingerprint density at radius 3 is 2.57 bits per heavy atom. The van der Waals surface area contributed by atoms with E-state index in [9.17, 15) is 13.2 Å². The Labute approximate surface area is 120 Å². The van der Waals surface area contributed by atoms with Crippen LogP contribution in [0.5, 0.6) is 5.75 Å². The van der Waals surface area contributed by atoms with Gasteiger partial charge in [-0.25, -0.2) is 4.98 Å². The van der Waals surface area contributed by atoms with Crippen molar-refractivity contribution in [3.05, 3.63) is 53.2 Å². The van der Waals surface area contributed by atoms with Crippen molar-refractivity contribution in [2.45, 2.75) is 19.6 Å². The van der Waals surface area contributed by atoms with Crippen molar-refractivity contribution in [2.24, 2.45) is 0 Å². The minimum absolute atomic E-state index is 0.0370. The molecule has 1 N–H and O–H groups in total. The zero-order valence-corrected chi connectivity index (χ0v) is 11.7. The molecule has 0 aliphatic carbocycles. The molecule has 0 saturated heterocycles. The number of hydrogen-bond donors (Lipinski definition) is 1. The number of aromatic nitrogens is 1. The Bertz CT molecular complexity index is 627. The van der Waals surface area contributed by atoms with E-state index < -0.39 is 11.7 Å². The van der Waals surface area contributed by atoms with E-state index in [1.54, 1.807) is 12.1 Å². The number of methoxy groups -OCH3 is 1. The number of alkyl halides is 3. The third kappa shape index (κ3) is 3.87. The summed E-state index contributed by atoms with van der Waals surface area (Å²) >= 11 is 0. The molecule has 3 nitrogen and oxygen atoms in total. The normalized spacial score (nSPS) is 11.3. The van der Waals surface area contributed by atoms with Gasteiger partial charge in [-0.3, -0.25) is 0 Å². The Balaban J connectivity index is 2.23. The van der Waals surface area contributed by atoms with E-state index in [4.69, 9.17) is 4.74 Å². The smallest absolute Gasteiger partial charge is 0.416 e. The number of benzene rings is 1. The SMILES string of the molecule is COc1ccc(CNc2cccc(C)n2)c(C(F)(F)F)c1. The Kier molecular flexibility index (Phi) is 4.35. The van der Waals surface area contributed by atoms with E-state index >= 15 is 0 Å². The molecular weight excluding hydrogens is 281 g/mol. The molecular formula is C15H15F3N2O. The maximum Gasteiger partial charge on any atom is 0.416 e. The number of ether oxygens (including phenoxy) is 1. The van der Waals surface area contributed by atoms with Crippen LogP contribution < -0.4 is 10.1 Å². The molecule has 0 radical (unpaired) electrons. The van der Waals surface area contributed by atoms with Crippen LogP contribution in [0.2, 0.25) is 0 Å². The van der Waals surface area contributed by atoms with Crippen LogP contribution in [0.15, 0.2) is 36.4 Å². The molecule has 0 saturated carbocycles. The highest BCUT2D eigenvalue weighted by Gasteiger charge is 2.33. The highest BCUT2D eigenvalue weighted by Crippen LogP contribution is 2.34. The second kappa shape index (κ2) is 6.03. The summed E-state index contributed by atoms with van der Waals surface area (Å²) in [6, 6.07) is 9.24. The average Bonchev–Trinajstić information content (AvgIpc) is 2.44. The first-order valence-electron chi connectivity index (χ1n) is 6.32. The fraction of sp³-hybridized carbons (Fsp3) is 0.267. The summed E-state index contributed by atoms with van der Waals surface area (Å²) in [5, 5.41) is 2.90. The van der Waals surface area contributed by atoms with Crippen molar-refractivity contribution in [3.63, 3.8) is 0 Å². The van der Waals surface area contributed by atoms with Crippen LogP contribution in [0.25, 0.3) is 0 Å². The fourth-order valence-corrected chi connectivity index (χ4v) is 1.93. The molecule has 6 heteroatoms. The Hall–Kier alpha value is -2.24. The summed E-state index contributed by atoms with van der Waals surface area (Å²) in [5.41, 5.74) is 0.236. The summed E-state index contributed by atoms with van der Waals surface area (Å²) < 4.78 is 44.0.